The van der Waals surface area contributed by atoms with Crippen LogP contribution in [0.15, 0.2) is 115 Å². The predicted molar refractivity (Wildman–Crippen MR) is 147 cm³/mol. The molecule has 7 rings (SSSR count). The summed E-state index contributed by atoms with van der Waals surface area (Å²) in [5.41, 5.74) is 6.09. The first kappa shape index (κ1) is 20.0. The van der Waals surface area contributed by atoms with Gasteiger partial charge in [-0.3, -0.25) is 0 Å². The summed E-state index contributed by atoms with van der Waals surface area (Å²) < 4.78 is 1.19. The molecule has 4 heteroatoms. The molecule has 0 aliphatic heterocycles. The van der Waals surface area contributed by atoms with Crippen molar-refractivity contribution >= 4 is 43.2 Å². The molecule has 0 aliphatic rings. The lowest BCUT2D eigenvalue weighted by Crippen LogP contribution is -1.96. The van der Waals surface area contributed by atoms with E-state index in [0.29, 0.717) is 0 Å². The van der Waals surface area contributed by atoms with Crippen LogP contribution < -0.4 is 0 Å². The summed E-state index contributed by atoms with van der Waals surface area (Å²) >= 11 is 1.71. The second-order valence-corrected chi connectivity index (χ2v) is 9.54. The van der Waals surface area contributed by atoms with Crippen molar-refractivity contribution < 1.29 is 0 Å². The zero-order chi connectivity index (χ0) is 23.2. The van der Waals surface area contributed by atoms with E-state index in [9.17, 15) is 0 Å². The molecule has 0 atom stereocenters. The number of nitrogens with zero attached hydrogens (tertiary/aromatic N) is 3. The molecule has 3 nitrogen and oxygen atoms in total. The van der Waals surface area contributed by atoms with Crippen molar-refractivity contribution in [3.63, 3.8) is 0 Å². The van der Waals surface area contributed by atoms with Gasteiger partial charge in [0.2, 0.25) is 0 Å². The third-order valence-corrected chi connectivity index (χ3v) is 7.40. The van der Waals surface area contributed by atoms with Crippen molar-refractivity contribution in [1.29, 1.82) is 0 Å². The molecule has 35 heavy (non-hydrogen) atoms. The molecule has 2 heterocycles. The van der Waals surface area contributed by atoms with Gasteiger partial charge in [-0.2, -0.15) is 0 Å². The highest BCUT2D eigenvalue weighted by atomic mass is 32.1. The summed E-state index contributed by atoms with van der Waals surface area (Å²) in [5, 5.41) is 4.44. The van der Waals surface area contributed by atoms with Crippen LogP contribution in [0, 0.1) is 0 Å². The molecule has 0 saturated heterocycles. The average Bonchev–Trinajstić information content (AvgIpc) is 3.37. The van der Waals surface area contributed by atoms with E-state index in [0.717, 1.165) is 49.6 Å². The van der Waals surface area contributed by atoms with Gasteiger partial charge < -0.3 is 0 Å². The minimum Gasteiger partial charge on any atom is -0.236 e. The number of para-hydroxylation sites is 2. The molecule has 0 spiro atoms. The Labute approximate surface area is 206 Å². The summed E-state index contributed by atoms with van der Waals surface area (Å²) in [4.78, 5) is 14.9. The van der Waals surface area contributed by atoms with Crippen LogP contribution >= 0.6 is 11.3 Å². The van der Waals surface area contributed by atoms with E-state index in [2.05, 4.69) is 97.1 Å². The van der Waals surface area contributed by atoms with Crippen LogP contribution in [0.1, 0.15) is 0 Å². The lowest BCUT2D eigenvalue weighted by Gasteiger charge is -2.12. The molecule has 0 saturated carbocycles. The topological polar surface area (TPSA) is 38.7 Å². The van der Waals surface area contributed by atoms with Crippen LogP contribution in [0.2, 0.25) is 0 Å². The Morgan fingerprint density at radius 1 is 0.514 bits per heavy atom. The van der Waals surface area contributed by atoms with Crippen LogP contribution in [-0.2, 0) is 0 Å². The molecule has 0 unspecified atom stereocenters. The van der Waals surface area contributed by atoms with Crippen molar-refractivity contribution in [3.8, 4) is 33.2 Å². The number of hydrogen-bond donors (Lipinski definition) is 0. The molecule has 7 aromatic rings. The van der Waals surface area contributed by atoms with Crippen LogP contribution in [0.25, 0.3) is 65.1 Å². The third-order valence-electron chi connectivity index (χ3n) is 6.31. The van der Waals surface area contributed by atoms with E-state index in [1.807, 2.05) is 18.2 Å². The largest absolute Gasteiger partial charge is 0.236 e. The molecule has 2 aromatic heterocycles. The van der Waals surface area contributed by atoms with Crippen molar-refractivity contribution in [1.82, 2.24) is 15.0 Å². The molecule has 0 amide bonds. The van der Waals surface area contributed by atoms with E-state index in [1.54, 1.807) is 11.3 Å². The zero-order valence-corrected chi connectivity index (χ0v) is 19.5. The highest BCUT2D eigenvalue weighted by Gasteiger charge is 2.14. The van der Waals surface area contributed by atoms with Gasteiger partial charge in [0.1, 0.15) is 5.01 Å². The number of benzene rings is 5. The van der Waals surface area contributed by atoms with Gasteiger partial charge in [0.15, 0.2) is 5.82 Å². The standard InChI is InChI=1S/C31H19N3S/c1-2-13-23-20(9-1)10-8-15-24(23)29-25-14-3-4-16-26(25)32-30(34-29)21-11-7-12-22(19-21)31-33-27-17-5-6-18-28(27)35-31/h1-19H. The second-order valence-electron chi connectivity index (χ2n) is 8.51. The molecule has 0 N–H and O–H groups in total. The molecule has 0 radical (unpaired) electrons. The van der Waals surface area contributed by atoms with Crippen molar-refractivity contribution in [2.24, 2.45) is 0 Å². The Bertz CT molecular complexity index is 1830. The third kappa shape index (κ3) is 3.47. The summed E-state index contributed by atoms with van der Waals surface area (Å²) in [6, 6.07) is 39.7. The lowest BCUT2D eigenvalue weighted by atomic mass is 9.99. The van der Waals surface area contributed by atoms with E-state index in [1.165, 1.54) is 15.5 Å². The fourth-order valence-electron chi connectivity index (χ4n) is 4.63. The monoisotopic (exact) mass is 465 g/mol. The van der Waals surface area contributed by atoms with E-state index < -0.39 is 0 Å². The lowest BCUT2D eigenvalue weighted by molar-refractivity contribution is 1.23. The number of rotatable bonds is 3. The van der Waals surface area contributed by atoms with Crippen molar-refractivity contribution in [3.05, 3.63) is 115 Å². The summed E-state index contributed by atoms with van der Waals surface area (Å²) in [6.45, 7) is 0. The summed E-state index contributed by atoms with van der Waals surface area (Å²) in [7, 11) is 0. The Morgan fingerprint density at radius 3 is 2.14 bits per heavy atom. The van der Waals surface area contributed by atoms with Gasteiger partial charge in [0.25, 0.3) is 0 Å². The Balaban J connectivity index is 1.43. The van der Waals surface area contributed by atoms with E-state index in [4.69, 9.17) is 15.0 Å². The number of thiazole rings is 1. The van der Waals surface area contributed by atoms with Crippen LogP contribution in [0.5, 0.6) is 0 Å². The first-order chi connectivity index (χ1) is 17.3. The summed E-state index contributed by atoms with van der Waals surface area (Å²) in [5.74, 6) is 0.717. The zero-order valence-electron chi connectivity index (χ0n) is 18.7. The van der Waals surface area contributed by atoms with Gasteiger partial charge >= 0.3 is 0 Å². The molecular weight excluding hydrogens is 446 g/mol. The molecule has 5 aromatic carbocycles. The SMILES string of the molecule is c1cc(-c2nc(-c3cccc4ccccc34)c3ccccc3n2)cc(-c2nc3ccccc3s2)c1. The van der Waals surface area contributed by atoms with E-state index >= 15 is 0 Å². The number of aromatic nitrogens is 3. The quantitative estimate of drug-likeness (QED) is 0.263. The maximum atomic E-state index is 5.14. The summed E-state index contributed by atoms with van der Waals surface area (Å²) in [6.07, 6.45) is 0. The van der Waals surface area contributed by atoms with Gasteiger partial charge in [-0.15, -0.1) is 11.3 Å². The Morgan fingerprint density at radius 2 is 1.23 bits per heavy atom. The predicted octanol–water partition coefficient (Wildman–Crippen LogP) is 8.39. The van der Waals surface area contributed by atoms with Crippen LogP contribution in [0.4, 0.5) is 0 Å². The second kappa shape index (κ2) is 8.12. The molecule has 0 bridgehead atoms. The van der Waals surface area contributed by atoms with Gasteiger partial charge in [-0.1, -0.05) is 91.0 Å². The maximum Gasteiger partial charge on any atom is 0.160 e. The molecule has 0 fully saturated rings. The average molecular weight is 466 g/mol. The Hall–Kier alpha value is -4.41. The first-order valence-electron chi connectivity index (χ1n) is 11.5. The number of hydrogen-bond acceptors (Lipinski definition) is 4. The Kier molecular flexibility index (Phi) is 4.64. The molecular formula is C31H19N3S. The van der Waals surface area contributed by atoms with Gasteiger partial charge in [0, 0.05) is 22.1 Å². The molecule has 0 aliphatic carbocycles. The van der Waals surface area contributed by atoms with Crippen LogP contribution in [-0.4, -0.2) is 15.0 Å². The van der Waals surface area contributed by atoms with Crippen LogP contribution in [0.3, 0.4) is 0 Å². The minimum atomic E-state index is 0.717. The fraction of sp³-hybridized carbons (Fsp3) is 0. The fourth-order valence-corrected chi connectivity index (χ4v) is 5.59. The van der Waals surface area contributed by atoms with Crippen molar-refractivity contribution in [2.75, 3.05) is 0 Å². The first-order valence-corrected chi connectivity index (χ1v) is 12.4. The molecule has 164 valence electrons. The normalized spacial score (nSPS) is 11.4. The maximum absolute atomic E-state index is 5.14. The van der Waals surface area contributed by atoms with Crippen molar-refractivity contribution in [2.45, 2.75) is 0 Å². The van der Waals surface area contributed by atoms with Gasteiger partial charge in [0.05, 0.1) is 21.4 Å². The van der Waals surface area contributed by atoms with E-state index in [-0.39, 0.29) is 0 Å². The highest BCUT2D eigenvalue weighted by Crippen LogP contribution is 2.35. The van der Waals surface area contributed by atoms with Gasteiger partial charge in [-0.25, -0.2) is 15.0 Å². The number of fused-ring (bicyclic) bond motifs is 3. The minimum absolute atomic E-state index is 0.717. The smallest absolute Gasteiger partial charge is 0.160 e. The van der Waals surface area contributed by atoms with Gasteiger partial charge in [-0.05, 0) is 35.0 Å². The highest BCUT2D eigenvalue weighted by molar-refractivity contribution is 7.21.